The normalized spacial score (nSPS) is 10.9. The monoisotopic (exact) mass is 433 g/mol. The molecule has 0 spiro atoms. The maximum Gasteiger partial charge on any atom is 0.412 e. The highest BCUT2D eigenvalue weighted by molar-refractivity contribution is 5.98. The zero-order valence-electron chi connectivity index (χ0n) is 17.6. The van der Waals surface area contributed by atoms with E-state index in [1.54, 1.807) is 20.8 Å². The predicted molar refractivity (Wildman–Crippen MR) is 113 cm³/mol. The van der Waals surface area contributed by atoms with E-state index in [0.29, 0.717) is 12.0 Å². The Morgan fingerprint density at radius 3 is 2.19 bits per heavy atom. The number of carbonyl (C=O) groups excluding carboxylic acids is 3. The number of carbonyl (C=O) groups is 3. The first-order valence-electron chi connectivity index (χ1n) is 9.67. The molecule has 2 rings (SSSR count). The minimum Gasteiger partial charge on any atom is -0.444 e. The molecule has 9 heteroatoms. The lowest BCUT2D eigenvalue weighted by Crippen LogP contribution is -2.28. The lowest BCUT2D eigenvalue weighted by atomic mass is 10.2. The van der Waals surface area contributed by atoms with Gasteiger partial charge in [0.15, 0.2) is 0 Å². The third-order valence-electron chi connectivity index (χ3n) is 3.86. The molecule has 31 heavy (non-hydrogen) atoms. The number of halogens is 2. The Bertz CT molecular complexity index is 941. The van der Waals surface area contributed by atoms with Crippen LogP contribution in [0.4, 0.5) is 25.0 Å². The summed E-state index contributed by atoms with van der Waals surface area (Å²) < 4.78 is 31.7. The van der Waals surface area contributed by atoms with E-state index in [1.165, 1.54) is 30.3 Å². The fourth-order valence-corrected chi connectivity index (χ4v) is 2.51. The van der Waals surface area contributed by atoms with Crippen LogP contribution in [0.1, 0.15) is 44.0 Å². The lowest BCUT2D eigenvalue weighted by Gasteiger charge is -2.20. The van der Waals surface area contributed by atoms with Crippen LogP contribution in [0.5, 0.6) is 0 Å². The second-order valence-electron chi connectivity index (χ2n) is 7.73. The molecule has 0 bridgehead atoms. The number of hydrogen-bond donors (Lipinski definition) is 3. The van der Waals surface area contributed by atoms with Crippen LogP contribution in [0.15, 0.2) is 42.5 Å². The molecule has 0 fully saturated rings. The summed E-state index contributed by atoms with van der Waals surface area (Å²) in [6.45, 7) is 5.33. The lowest BCUT2D eigenvalue weighted by molar-refractivity contribution is -0.116. The molecule has 0 saturated carbocycles. The molecule has 2 aromatic rings. The highest BCUT2D eigenvalue weighted by Gasteiger charge is 2.18. The molecule has 0 aliphatic carbocycles. The van der Waals surface area contributed by atoms with Crippen LogP contribution in [0.2, 0.25) is 0 Å². The van der Waals surface area contributed by atoms with Gasteiger partial charge in [0.05, 0.1) is 11.4 Å². The van der Waals surface area contributed by atoms with Gasteiger partial charge in [-0.2, -0.15) is 0 Å². The number of ether oxygens (including phenoxy) is 1. The van der Waals surface area contributed by atoms with Crippen LogP contribution in [0.3, 0.4) is 0 Å². The van der Waals surface area contributed by atoms with E-state index < -0.39 is 29.2 Å². The standard InChI is InChI=1S/C22H25F2N3O4/c1-22(2,3)31-21(30)27-17-11-10-16(24)13-18(17)26-19(28)5-4-12-25-20(29)14-6-8-15(23)9-7-14/h6-11,13H,4-5,12H2,1-3H3,(H,25,29)(H,26,28)(H,27,30). The van der Waals surface area contributed by atoms with E-state index in [1.807, 2.05) is 0 Å². The Morgan fingerprint density at radius 1 is 0.903 bits per heavy atom. The van der Waals surface area contributed by atoms with Crippen molar-refractivity contribution in [1.82, 2.24) is 5.32 Å². The summed E-state index contributed by atoms with van der Waals surface area (Å²) in [5.41, 5.74) is -0.130. The smallest absolute Gasteiger partial charge is 0.412 e. The SMILES string of the molecule is CC(C)(C)OC(=O)Nc1ccc(F)cc1NC(=O)CCCNC(=O)c1ccc(F)cc1. The fourth-order valence-electron chi connectivity index (χ4n) is 2.51. The van der Waals surface area contributed by atoms with E-state index in [0.717, 1.165) is 12.1 Å². The Kier molecular flexibility index (Phi) is 8.07. The topological polar surface area (TPSA) is 96.5 Å². The third-order valence-corrected chi connectivity index (χ3v) is 3.86. The van der Waals surface area contributed by atoms with E-state index in [9.17, 15) is 23.2 Å². The molecule has 0 heterocycles. The fraction of sp³-hybridized carbons (Fsp3) is 0.318. The molecule has 0 aliphatic rings. The molecule has 0 aromatic heterocycles. The minimum atomic E-state index is -0.738. The maximum absolute atomic E-state index is 13.6. The summed E-state index contributed by atoms with van der Waals surface area (Å²) in [6.07, 6.45) is -0.368. The summed E-state index contributed by atoms with van der Waals surface area (Å²) in [4.78, 5) is 36.1. The van der Waals surface area contributed by atoms with Crippen molar-refractivity contribution in [2.24, 2.45) is 0 Å². The molecule has 0 saturated heterocycles. The Morgan fingerprint density at radius 2 is 1.55 bits per heavy atom. The van der Waals surface area contributed by atoms with E-state index in [-0.39, 0.29) is 30.2 Å². The van der Waals surface area contributed by atoms with Gasteiger partial charge < -0.3 is 15.4 Å². The molecular formula is C22H25F2N3O4. The molecule has 7 nitrogen and oxygen atoms in total. The number of nitrogens with one attached hydrogen (secondary N) is 3. The number of benzene rings is 2. The van der Waals surface area contributed by atoms with Gasteiger partial charge in [-0.25, -0.2) is 13.6 Å². The van der Waals surface area contributed by atoms with Gasteiger partial charge in [0.1, 0.15) is 17.2 Å². The third kappa shape index (κ3) is 8.41. The minimum absolute atomic E-state index is 0.0477. The van der Waals surface area contributed by atoms with Crippen LogP contribution in [0, 0.1) is 11.6 Å². The number of hydrogen-bond acceptors (Lipinski definition) is 4. The van der Waals surface area contributed by atoms with Gasteiger partial charge in [-0.15, -0.1) is 0 Å². The highest BCUT2D eigenvalue weighted by atomic mass is 19.1. The van der Waals surface area contributed by atoms with Crippen molar-refractivity contribution < 1.29 is 27.9 Å². The molecule has 3 N–H and O–H groups in total. The van der Waals surface area contributed by atoms with Crippen LogP contribution >= 0.6 is 0 Å². The van der Waals surface area contributed by atoms with E-state index in [2.05, 4.69) is 16.0 Å². The van der Waals surface area contributed by atoms with Crippen LogP contribution in [0.25, 0.3) is 0 Å². The Labute approximate surface area is 179 Å². The second kappa shape index (κ2) is 10.5. The summed E-state index contributed by atoms with van der Waals surface area (Å²) in [5, 5.41) is 7.65. The van der Waals surface area contributed by atoms with Gasteiger partial charge in [-0.3, -0.25) is 14.9 Å². The first kappa shape index (κ1) is 23.8. The van der Waals surface area contributed by atoms with E-state index >= 15 is 0 Å². The van der Waals surface area contributed by atoms with Crippen molar-refractivity contribution in [3.05, 3.63) is 59.7 Å². The molecule has 0 radical (unpaired) electrons. The predicted octanol–water partition coefficient (Wildman–Crippen LogP) is 4.46. The quantitative estimate of drug-likeness (QED) is 0.562. The van der Waals surface area contributed by atoms with Gasteiger partial charge in [-0.1, -0.05) is 0 Å². The number of amides is 3. The number of rotatable bonds is 7. The molecule has 0 unspecified atom stereocenters. The summed E-state index contributed by atoms with van der Waals surface area (Å²) in [6, 6.07) is 8.64. The van der Waals surface area contributed by atoms with Gasteiger partial charge in [0.25, 0.3) is 5.91 Å². The van der Waals surface area contributed by atoms with E-state index in [4.69, 9.17) is 4.74 Å². The van der Waals surface area contributed by atoms with Gasteiger partial charge in [-0.05, 0) is 69.7 Å². The molecular weight excluding hydrogens is 408 g/mol. The highest BCUT2D eigenvalue weighted by Crippen LogP contribution is 2.24. The molecule has 0 atom stereocenters. The second-order valence-corrected chi connectivity index (χ2v) is 7.73. The molecule has 0 aliphatic heterocycles. The van der Waals surface area contributed by atoms with Crippen molar-refractivity contribution in [3.63, 3.8) is 0 Å². The van der Waals surface area contributed by atoms with Crippen molar-refractivity contribution >= 4 is 29.3 Å². The zero-order valence-corrected chi connectivity index (χ0v) is 17.6. The summed E-state index contributed by atoms with van der Waals surface area (Å²) >= 11 is 0. The van der Waals surface area contributed by atoms with Gasteiger partial charge >= 0.3 is 6.09 Å². The Hall–Kier alpha value is -3.49. The first-order chi connectivity index (χ1) is 14.5. The van der Waals surface area contributed by atoms with Crippen LogP contribution in [-0.2, 0) is 9.53 Å². The van der Waals surface area contributed by atoms with Gasteiger partial charge in [0.2, 0.25) is 5.91 Å². The summed E-state index contributed by atoms with van der Waals surface area (Å²) in [7, 11) is 0. The first-order valence-corrected chi connectivity index (χ1v) is 9.67. The molecule has 2 aromatic carbocycles. The maximum atomic E-state index is 13.6. The zero-order chi connectivity index (χ0) is 23.0. The summed E-state index contributed by atoms with van der Waals surface area (Å²) in [5.74, 6) is -1.83. The van der Waals surface area contributed by atoms with Crippen molar-refractivity contribution in [3.8, 4) is 0 Å². The average molecular weight is 433 g/mol. The van der Waals surface area contributed by atoms with Crippen molar-refractivity contribution in [1.29, 1.82) is 0 Å². The number of anilines is 2. The Balaban J connectivity index is 1.85. The van der Waals surface area contributed by atoms with Gasteiger partial charge in [0, 0.05) is 18.5 Å². The molecule has 3 amide bonds. The van der Waals surface area contributed by atoms with Crippen molar-refractivity contribution in [2.45, 2.75) is 39.2 Å². The average Bonchev–Trinajstić information content (AvgIpc) is 2.66. The van der Waals surface area contributed by atoms with Crippen molar-refractivity contribution in [2.75, 3.05) is 17.2 Å². The van der Waals surface area contributed by atoms with Crippen LogP contribution in [-0.4, -0.2) is 30.1 Å². The largest absolute Gasteiger partial charge is 0.444 e. The van der Waals surface area contributed by atoms with Crippen LogP contribution < -0.4 is 16.0 Å². The molecule has 166 valence electrons.